The number of aromatic nitrogens is 1. The molecule has 3 nitrogen and oxygen atoms in total. The largest absolute Gasteiger partial charge is 0.477 e. The molecule has 2 rings (SSSR count). The van der Waals surface area contributed by atoms with Gasteiger partial charge in [-0.15, -0.1) is 0 Å². The van der Waals surface area contributed by atoms with Gasteiger partial charge in [-0.25, -0.2) is 4.98 Å². The predicted molar refractivity (Wildman–Crippen MR) is 101 cm³/mol. The van der Waals surface area contributed by atoms with E-state index in [2.05, 4.69) is 43.8 Å². The summed E-state index contributed by atoms with van der Waals surface area (Å²) in [6.45, 7) is 13.6. The van der Waals surface area contributed by atoms with Gasteiger partial charge in [-0.05, 0) is 50.9 Å². The Balaban J connectivity index is 0.000000868. The first kappa shape index (κ1) is 21.9. The first-order chi connectivity index (χ1) is 11.2. The molecule has 1 saturated heterocycles. The summed E-state index contributed by atoms with van der Waals surface area (Å²) in [5, 5.41) is 0. The third kappa shape index (κ3) is 10.3. The fourth-order valence-electron chi connectivity index (χ4n) is 2.36. The van der Waals surface area contributed by atoms with E-state index < -0.39 is 0 Å². The van der Waals surface area contributed by atoms with Crippen molar-refractivity contribution in [1.29, 1.82) is 0 Å². The van der Waals surface area contributed by atoms with Crippen LogP contribution in [0.3, 0.4) is 0 Å². The van der Waals surface area contributed by atoms with E-state index in [1.54, 1.807) is 0 Å². The smallest absolute Gasteiger partial charge is 0.213 e. The maximum absolute atomic E-state index is 5.78. The van der Waals surface area contributed by atoms with E-state index in [0.29, 0.717) is 5.92 Å². The van der Waals surface area contributed by atoms with Gasteiger partial charge in [0.05, 0.1) is 6.61 Å². The molecule has 0 amide bonds. The zero-order valence-corrected chi connectivity index (χ0v) is 16.3. The molecule has 0 saturated carbocycles. The monoisotopic (exact) mass is 322 g/mol. The minimum absolute atomic E-state index is 0.693. The molecule has 3 heteroatoms. The third-order valence-corrected chi connectivity index (χ3v) is 3.64. The second-order valence-electron chi connectivity index (χ2n) is 6.02. The van der Waals surface area contributed by atoms with E-state index in [4.69, 9.17) is 4.74 Å². The van der Waals surface area contributed by atoms with Crippen LogP contribution in [0, 0.1) is 5.92 Å². The zero-order chi connectivity index (χ0) is 17.5. The topological polar surface area (TPSA) is 25.4 Å². The molecule has 134 valence electrons. The van der Waals surface area contributed by atoms with Crippen LogP contribution in [0.1, 0.15) is 65.9 Å². The van der Waals surface area contributed by atoms with Gasteiger partial charge in [0.15, 0.2) is 0 Å². The summed E-state index contributed by atoms with van der Waals surface area (Å²) < 4.78 is 5.78. The van der Waals surface area contributed by atoms with Crippen molar-refractivity contribution in [2.75, 3.05) is 26.7 Å². The maximum Gasteiger partial charge on any atom is 0.213 e. The SMILES string of the molecule is CC.CCC.CCCc1ccc(OCC2CCN(C)CC2)nc1. The van der Waals surface area contributed by atoms with Crippen LogP contribution < -0.4 is 4.74 Å². The highest BCUT2D eigenvalue weighted by Gasteiger charge is 2.17. The minimum atomic E-state index is 0.693. The molecule has 0 bridgehead atoms. The second kappa shape index (κ2) is 14.5. The molecule has 0 radical (unpaired) electrons. The van der Waals surface area contributed by atoms with Crippen LogP contribution in [-0.2, 0) is 6.42 Å². The van der Waals surface area contributed by atoms with Gasteiger partial charge in [0.2, 0.25) is 5.88 Å². The lowest BCUT2D eigenvalue weighted by atomic mass is 9.98. The Morgan fingerprint density at radius 1 is 1.13 bits per heavy atom. The van der Waals surface area contributed by atoms with Crippen molar-refractivity contribution in [3.63, 3.8) is 0 Å². The van der Waals surface area contributed by atoms with E-state index in [-0.39, 0.29) is 0 Å². The minimum Gasteiger partial charge on any atom is -0.477 e. The highest BCUT2D eigenvalue weighted by molar-refractivity contribution is 5.17. The Morgan fingerprint density at radius 3 is 2.22 bits per heavy atom. The van der Waals surface area contributed by atoms with Crippen LogP contribution in [0.25, 0.3) is 0 Å². The quantitative estimate of drug-likeness (QED) is 0.745. The number of hydrogen-bond acceptors (Lipinski definition) is 3. The highest BCUT2D eigenvalue weighted by Crippen LogP contribution is 2.17. The Labute approximate surface area is 144 Å². The van der Waals surface area contributed by atoms with Crippen LogP contribution in [-0.4, -0.2) is 36.6 Å². The number of pyridine rings is 1. The fraction of sp³-hybridized carbons (Fsp3) is 0.750. The summed E-state index contributed by atoms with van der Waals surface area (Å²) >= 11 is 0. The first-order valence-electron chi connectivity index (χ1n) is 9.45. The lowest BCUT2D eigenvalue weighted by molar-refractivity contribution is 0.157. The predicted octanol–water partition coefficient (Wildman–Crippen LogP) is 5.20. The van der Waals surface area contributed by atoms with Crippen molar-refractivity contribution in [3.8, 4) is 5.88 Å². The molecular weight excluding hydrogens is 284 g/mol. The van der Waals surface area contributed by atoms with E-state index in [0.717, 1.165) is 25.3 Å². The fourth-order valence-corrected chi connectivity index (χ4v) is 2.36. The molecular formula is C20H38N2O. The van der Waals surface area contributed by atoms with Gasteiger partial charge in [0.1, 0.15) is 0 Å². The number of likely N-dealkylation sites (tertiary alicyclic amines) is 1. The van der Waals surface area contributed by atoms with Gasteiger partial charge in [-0.1, -0.05) is 53.5 Å². The van der Waals surface area contributed by atoms with Crippen LogP contribution in [0.2, 0.25) is 0 Å². The first-order valence-corrected chi connectivity index (χ1v) is 9.45. The normalized spacial score (nSPS) is 15.0. The number of aryl methyl sites for hydroxylation is 1. The van der Waals surface area contributed by atoms with Gasteiger partial charge < -0.3 is 9.64 Å². The van der Waals surface area contributed by atoms with Crippen molar-refractivity contribution in [2.45, 2.75) is 66.7 Å². The molecule has 0 aromatic carbocycles. The Bertz CT molecular complexity index is 356. The van der Waals surface area contributed by atoms with Gasteiger partial charge in [0.25, 0.3) is 0 Å². The van der Waals surface area contributed by atoms with Crippen molar-refractivity contribution in [2.24, 2.45) is 5.92 Å². The zero-order valence-electron chi connectivity index (χ0n) is 16.3. The summed E-state index contributed by atoms with van der Waals surface area (Å²) in [5.74, 6) is 1.46. The van der Waals surface area contributed by atoms with Crippen molar-refractivity contribution < 1.29 is 4.74 Å². The third-order valence-electron chi connectivity index (χ3n) is 3.64. The van der Waals surface area contributed by atoms with Crippen LogP contribution in [0.4, 0.5) is 0 Å². The summed E-state index contributed by atoms with van der Waals surface area (Å²) in [7, 11) is 2.19. The van der Waals surface area contributed by atoms with Crippen LogP contribution >= 0.6 is 0 Å². The van der Waals surface area contributed by atoms with Gasteiger partial charge in [-0.2, -0.15) is 0 Å². The molecule has 0 N–H and O–H groups in total. The number of hydrogen-bond donors (Lipinski definition) is 0. The highest BCUT2D eigenvalue weighted by atomic mass is 16.5. The van der Waals surface area contributed by atoms with Crippen molar-refractivity contribution in [3.05, 3.63) is 23.9 Å². The molecule has 1 fully saturated rings. The average molecular weight is 323 g/mol. The molecule has 23 heavy (non-hydrogen) atoms. The standard InChI is InChI=1S/C15H24N2O.C3H8.C2H6/c1-3-4-13-5-6-15(16-11-13)18-12-14-7-9-17(2)10-8-14;1-3-2;1-2/h5-6,11,14H,3-4,7-10,12H2,1-2H3;3H2,1-2H3;1-2H3. The number of ether oxygens (including phenoxy) is 1. The molecule has 1 aromatic heterocycles. The maximum atomic E-state index is 5.78. The van der Waals surface area contributed by atoms with E-state index in [1.165, 1.54) is 37.9 Å². The van der Waals surface area contributed by atoms with E-state index in [1.807, 2.05) is 26.1 Å². The summed E-state index contributed by atoms with van der Waals surface area (Å²) in [6.07, 6.45) is 7.93. The van der Waals surface area contributed by atoms with Crippen LogP contribution in [0.5, 0.6) is 5.88 Å². The molecule has 1 aliphatic heterocycles. The Hall–Kier alpha value is -1.09. The Morgan fingerprint density at radius 2 is 1.74 bits per heavy atom. The van der Waals surface area contributed by atoms with Crippen molar-refractivity contribution in [1.82, 2.24) is 9.88 Å². The molecule has 1 aliphatic rings. The van der Waals surface area contributed by atoms with Crippen molar-refractivity contribution >= 4 is 0 Å². The lowest BCUT2D eigenvalue weighted by Crippen LogP contribution is -2.32. The number of piperidine rings is 1. The molecule has 0 spiro atoms. The summed E-state index contributed by atoms with van der Waals surface area (Å²) in [4.78, 5) is 6.75. The van der Waals surface area contributed by atoms with Gasteiger partial charge in [-0.3, -0.25) is 0 Å². The molecule has 0 unspecified atom stereocenters. The van der Waals surface area contributed by atoms with Gasteiger partial charge in [0, 0.05) is 12.3 Å². The Kier molecular flexibility index (Phi) is 13.8. The molecule has 0 aliphatic carbocycles. The molecule has 0 atom stereocenters. The summed E-state index contributed by atoms with van der Waals surface area (Å²) in [6, 6.07) is 4.13. The number of nitrogens with zero attached hydrogens (tertiary/aromatic N) is 2. The lowest BCUT2D eigenvalue weighted by Gasteiger charge is -2.28. The van der Waals surface area contributed by atoms with Crippen LogP contribution in [0.15, 0.2) is 18.3 Å². The number of rotatable bonds is 5. The van der Waals surface area contributed by atoms with E-state index in [9.17, 15) is 0 Å². The summed E-state index contributed by atoms with van der Waals surface area (Å²) in [5.41, 5.74) is 1.30. The van der Waals surface area contributed by atoms with Gasteiger partial charge >= 0.3 is 0 Å². The second-order valence-corrected chi connectivity index (χ2v) is 6.02. The van der Waals surface area contributed by atoms with E-state index >= 15 is 0 Å². The molecule has 1 aromatic rings. The average Bonchev–Trinajstić information content (AvgIpc) is 2.58. The molecule has 2 heterocycles.